The molecule has 0 aromatic carbocycles. The summed E-state index contributed by atoms with van der Waals surface area (Å²) < 4.78 is 52.6. The van der Waals surface area contributed by atoms with E-state index in [0.717, 1.165) is 19.3 Å². The second-order valence-corrected chi connectivity index (χ2v) is 11.8. The highest BCUT2D eigenvalue weighted by Crippen LogP contribution is 2.42. The Morgan fingerprint density at radius 2 is 1.00 bits per heavy atom. The average Bonchev–Trinajstić information content (AvgIpc) is 2.86. The molecule has 0 aromatic rings. The molecule has 3 aliphatic heterocycles. The highest BCUT2D eigenvalue weighted by molar-refractivity contribution is 5.66. The van der Waals surface area contributed by atoms with Gasteiger partial charge in [0.05, 0.1) is 18.3 Å². The molecule has 0 radical (unpaired) electrons. The lowest BCUT2D eigenvalue weighted by Gasteiger charge is -2.50. The van der Waals surface area contributed by atoms with Crippen molar-refractivity contribution >= 4 is 5.97 Å². The third-order valence-corrected chi connectivity index (χ3v) is 9.61. The SMILES string of the molecule is CCC1O[C@H](OC2[C@@H](OC3[C@@H](C)[C@H](C)C(CC)O[C@@H]3F)OC(CC)[C@@H](C)[C@@H]2C)C(OC(C)=O)[C@@H](C)[C@@H]1C. The Hall–Kier alpha value is -0.800. The fourth-order valence-electron chi connectivity index (χ4n) is 6.42. The third-order valence-electron chi connectivity index (χ3n) is 9.61. The number of rotatable bonds is 8. The Balaban J connectivity index is 1.88. The molecule has 216 valence electrons. The van der Waals surface area contributed by atoms with Crippen LogP contribution in [0.5, 0.6) is 0 Å². The van der Waals surface area contributed by atoms with Gasteiger partial charge in [0.25, 0.3) is 0 Å². The standard InChI is InChI=1S/C29H51FO7/c1-11-21-14(4)17(7)24(27(30)33-21)36-29-26(19(9)16(6)23(13-3)35-29)37-28-25(32-20(10)31)18(8)15(5)22(12-2)34-28/h14-19,21-29H,11-13H2,1-10H3/t14-,15-,16-,17-,18-,19-,21?,22?,23?,24?,25?,26?,27-,28+,29+/m0/s1. The van der Waals surface area contributed by atoms with Crippen molar-refractivity contribution in [1.29, 1.82) is 0 Å². The fraction of sp³-hybridized carbons (Fsp3) is 0.966. The van der Waals surface area contributed by atoms with Crippen LogP contribution in [0.4, 0.5) is 4.39 Å². The van der Waals surface area contributed by atoms with Gasteiger partial charge in [-0.3, -0.25) is 4.79 Å². The maximum Gasteiger partial charge on any atom is 0.303 e. The van der Waals surface area contributed by atoms with Gasteiger partial charge >= 0.3 is 5.97 Å². The van der Waals surface area contributed by atoms with Crippen LogP contribution in [0.1, 0.15) is 88.5 Å². The summed E-state index contributed by atoms with van der Waals surface area (Å²) in [5.41, 5.74) is 0. The first-order valence-corrected chi connectivity index (χ1v) is 14.5. The number of carbonyl (C=O) groups is 1. The van der Waals surface area contributed by atoms with E-state index in [1.165, 1.54) is 6.92 Å². The molecule has 6 unspecified atom stereocenters. The Morgan fingerprint density at radius 3 is 1.46 bits per heavy atom. The number of halogens is 1. The smallest absolute Gasteiger partial charge is 0.303 e. The molecule has 3 rings (SSSR count). The first kappa shape index (κ1) is 30.7. The van der Waals surface area contributed by atoms with E-state index in [1.54, 1.807) is 0 Å². The zero-order valence-corrected chi connectivity index (χ0v) is 24.5. The summed E-state index contributed by atoms with van der Waals surface area (Å²) >= 11 is 0. The van der Waals surface area contributed by atoms with Crippen LogP contribution in [0.2, 0.25) is 0 Å². The van der Waals surface area contributed by atoms with Crippen LogP contribution in [0.3, 0.4) is 0 Å². The molecule has 8 heteroatoms. The Kier molecular flexibility index (Phi) is 10.8. The number of esters is 1. The molecule has 7 nitrogen and oxygen atoms in total. The molecule has 3 aliphatic rings. The van der Waals surface area contributed by atoms with Crippen LogP contribution >= 0.6 is 0 Å². The van der Waals surface area contributed by atoms with Crippen LogP contribution < -0.4 is 0 Å². The second kappa shape index (κ2) is 13.0. The molecule has 15 atom stereocenters. The van der Waals surface area contributed by atoms with E-state index >= 15 is 4.39 Å². The van der Waals surface area contributed by atoms with E-state index in [-0.39, 0.29) is 59.8 Å². The minimum atomic E-state index is -1.54. The summed E-state index contributed by atoms with van der Waals surface area (Å²) in [6.45, 7) is 20.2. The Bertz CT molecular complexity index is 737. The highest BCUT2D eigenvalue weighted by atomic mass is 19.1. The first-order chi connectivity index (χ1) is 17.4. The molecule has 3 heterocycles. The van der Waals surface area contributed by atoms with Crippen LogP contribution in [0, 0.1) is 35.5 Å². The minimum Gasteiger partial charge on any atom is -0.457 e. The van der Waals surface area contributed by atoms with Gasteiger partial charge in [0.1, 0.15) is 12.2 Å². The van der Waals surface area contributed by atoms with Gasteiger partial charge in [-0.15, -0.1) is 0 Å². The molecular formula is C29H51FO7. The van der Waals surface area contributed by atoms with Gasteiger partial charge in [0.15, 0.2) is 18.7 Å². The molecule has 0 spiro atoms. The normalized spacial score (nSPS) is 49.0. The predicted molar refractivity (Wildman–Crippen MR) is 138 cm³/mol. The van der Waals surface area contributed by atoms with Gasteiger partial charge < -0.3 is 28.4 Å². The lowest BCUT2D eigenvalue weighted by Crippen LogP contribution is -2.59. The van der Waals surface area contributed by atoms with Crippen molar-refractivity contribution in [3.8, 4) is 0 Å². The molecule has 0 aliphatic carbocycles. The Morgan fingerprint density at radius 1 is 0.622 bits per heavy atom. The van der Waals surface area contributed by atoms with Crippen LogP contribution in [-0.2, 0) is 33.2 Å². The van der Waals surface area contributed by atoms with Gasteiger partial charge in [-0.05, 0) is 48.9 Å². The van der Waals surface area contributed by atoms with E-state index in [1.807, 2.05) is 13.8 Å². The summed E-state index contributed by atoms with van der Waals surface area (Å²) in [6, 6.07) is 0. The number of hydrogen-bond acceptors (Lipinski definition) is 7. The van der Waals surface area contributed by atoms with E-state index in [4.69, 9.17) is 28.4 Å². The fourth-order valence-corrected chi connectivity index (χ4v) is 6.42. The Labute approximate surface area is 223 Å². The highest BCUT2D eigenvalue weighted by Gasteiger charge is 2.51. The van der Waals surface area contributed by atoms with Gasteiger partial charge in [-0.1, -0.05) is 62.3 Å². The molecule has 37 heavy (non-hydrogen) atoms. The zero-order valence-electron chi connectivity index (χ0n) is 24.5. The van der Waals surface area contributed by atoms with Crippen LogP contribution in [0.15, 0.2) is 0 Å². The summed E-state index contributed by atoms with van der Waals surface area (Å²) in [7, 11) is 0. The summed E-state index contributed by atoms with van der Waals surface area (Å²) in [5, 5.41) is 0. The van der Waals surface area contributed by atoms with E-state index in [0.29, 0.717) is 0 Å². The second-order valence-electron chi connectivity index (χ2n) is 11.8. The van der Waals surface area contributed by atoms with Crippen molar-refractivity contribution in [2.24, 2.45) is 35.5 Å². The lowest BCUT2D eigenvalue weighted by molar-refractivity contribution is -0.366. The largest absolute Gasteiger partial charge is 0.457 e. The topological polar surface area (TPSA) is 72.5 Å². The maximum atomic E-state index is 15.3. The van der Waals surface area contributed by atoms with E-state index < -0.39 is 37.2 Å². The van der Waals surface area contributed by atoms with Crippen molar-refractivity contribution < 1.29 is 37.6 Å². The number of hydrogen-bond donors (Lipinski definition) is 0. The van der Waals surface area contributed by atoms with Crippen molar-refractivity contribution in [1.82, 2.24) is 0 Å². The van der Waals surface area contributed by atoms with Gasteiger partial charge in [-0.25, -0.2) is 4.39 Å². The minimum absolute atomic E-state index is 0.0272. The van der Waals surface area contributed by atoms with Crippen molar-refractivity contribution in [3.63, 3.8) is 0 Å². The lowest BCUT2D eigenvalue weighted by atomic mass is 9.81. The summed E-state index contributed by atoms with van der Waals surface area (Å²) in [6.07, 6.45) is -2.79. The summed E-state index contributed by atoms with van der Waals surface area (Å²) in [4.78, 5) is 12.0. The molecular weight excluding hydrogens is 479 g/mol. The number of alkyl halides is 1. The van der Waals surface area contributed by atoms with E-state index in [2.05, 4.69) is 48.5 Å². The summed E-state index contributed by atoms with van der Waals surface area (Å²) in [5.74, 6) is 0.187. The maximum absolute atomic E-state index is 15.3. The third kappa shape index (κ3) is 6.51. The molecule has 3 saturated heterocycles. The number of carbonyl (C=O) groups excluding carboxylic acids is 1. The van der Waals surface area contributed by atoms with E-state index in [9.17, 15) is 4.79 Å². The molecule has 0 saturated carbocycles. The van der Waals surface area contributed by atoms with Crippen molar-refractivity contribution in [2.75, 3.05) is 0 Å². The molecule has 3 fully saturated rings. The number of ether oxygens (including phenoxy) is 6. The molecule has 0 amide bonds. The molecule has 0 bridgehead atoms. The monoisotopic (exact) mass is 530 g/mol. The quantitative estimate of drug-likeness (QED) is 0.363. The molecule has 0 aromatic heterocycles. The predicted octanol–water partition coefficient (Wildman–Crippen LogP) is 5.88. The van der Waals surface area contributed by atoms with Crippen LogP contribution in [0.25, 0.3) is 0 Å². The van der Waals surface area contributed by atoms with Crippen molar-refractivity contribution in [3.05, 3.63) is 0 Å². The average molecular weight is 531 g/mol. The van der Waals surface area contributed by atoms with Gasteiger partial charge in [0.2, 0.25) is 6.36 Å². The van der Waals surface area contributed by atoms with Gasteiger partial charge in [0, 0.05) is 12.8 Å². The molecule has 0 N–H and O–H groups in total. The van der Waals surface area contributed by atoms with Crippen molar-refractivity contribution in [2.45, 2.75) is 144 Å². The van der Waals surface area contributed by atoms with Crippen LogP contribution in [-0.4, -0.2) is 61.5 Å². The van der Waals surface area contributed by atoms with Gasteiger partial charge in [-0.2, -0.15) is 0 Å². The zero-order chi connectivity index (χ0) is 27.6. The first-order valence-electron chi connectivity index (χ1n) is 14.5.